The lowest BCUT2D eigenvalue weighted by Crippen LogP contribution is -2.37. The lowest BCUT2D eigenvalue weighted by molar-refractivity contribution is -0.384. The van der Waals surface area contributed by atoms with Crippen molar-refractivity contribution in [2.45, 2.75) is 33.2 Å². The van der Waals surface area contributed by atoms with Crippen molar-refractivity contribution >= 4 is 17.4 Å². The van der Waals surface area contributed by atoms with Crippen LogP contribution in [0.25, 0.3) is 0 Å². The van der Waals surface area contributed by atoms with Crippen LogP contribution in [0.2, 0.25) is 0 Å². The topological polar surface area (TPSA) is 129 Å². The van der Waals surface area contributed by atoms with Crippen LogP contribution < -0.4 is 25.8 Å². The zero-order valence-corrected chi connectivity index (χ0v) is 14.1. The average Bonchev–Trinajstić information content (AvgIpc) is 2.49. The van der Waals surface area contributed by atoms with Gasteiger partial charge in [-0.25, -0.2) is 4.79 Å². The summed E-state index contributed by atoms with van der Waals surface area (Å²) in [6, 6.07) is 1.93. The molecule has 0 aliphatic carbocycles. The van der Waals surface area contributed by atoms with E-state index in [4.69, 9.17) is 15.2 Å². The first-order valence-corrected chi connectivity index (χ1v) is 7.78. The second-order valence-corrected chi connectivity index (χ2v) is 5.02. The van der Waals surface area contributed by atoms with E-state index in [9.17, 15) is 14.9 Å². The molecule has 1 aromatic carbocycles. The van der Waals surface area contributed by atoms with Crippen LogP contribution in [-0.2, 0) is 0 Å². The molecule has 9 nitrogen and oxygen atoms in total. The fourth-order valence-electron chi connectivity index (χ4n) is 2.04. The number of ether oxygens (including phenoxy) is 2. The smallest absolute Gasteiger partial charge is 0.319 e. The van der Waals surface area contributed by atoms with Crippen LogP contribution >= 0.6 is 0 Å². The van der Waals surface area contributed by atoms with Crippen molar-refractivity contribution in [3.63, 3.8) is 0 Å². The van der Waals surface area contributed by atoms with Gasteiger partial charge < -0.3 is 25.8 Å². The maximum atomic E-state index is 12.0. The Morgan fingerprint density at radius 3 is 2.38 bits per heavy atom. The molecule has 0 radical (unpaired) electrons. The minimum absolute atomic E-state index is 0.0318. The Morgan fingerprint density at radius 1 is 1.29 bits per heavy atom. The summed E-state index contributed by atoms with van der Waals surface area (Å²) in [5, 5.41) is 16.4. The van der Waals surface area contributed by atoms with Crippen LogP contribution in [0.4, 0.5) is 16.2 Å². The molecule has 1 aromatic rings. The number of hydrogen-bond donors (Lipinski definition) is 3. The fourth-order valence-corrected chi connectivity index (χ4v) is 2.04. The largest absolute Gasteiger partial charge is 0.490 e. The maximum absolute atomic E-state index is 12.0. The highest BCUT2D eigenvalue weighted by Gasteiger charge is 2.22. The predicted molar refractivity (Wildman–Crippen MR) is 90.7 cm³/mol. The number of anilines is 1. The molecule has 0 saturated carbocycles. The number of nitro groups is 1. The first kappa shape index (κ1) is 19.5. The monoisotopic (exact) mass is 340 g/mol. The van der Waals surface area contributed by atoms with E-state index in [0.29, 0.717) is 31.9 Å². The summed E-state index contributed by atoms with van der Waals surface area (Å²) in [5.41, 5.74) is 5.19. The summed E-state index contributed by atoms with van der Waals surface area (Å²) in [5.74, 6) is 0.587. The molecular weight excluding hydrogens is 316 g/mol. The summed E-state index contributed by atoms with van der Waals surface area (Å²) >= 11 is 0. The quantitative estimate of drug-likeness (QED) is 0.467. The highest BCUT2D eigenvalue weighted by molar-refractivity contribution is 5.92. The molecule has 24 heavy (non-hydrogen) atoms. The average molecular weight is 340 g/mol. The van der Waals surface area contributed by atoms with Crippen molar-refractivity contribution in [2.75, 3.05) is 25.1 Å². The Kier molecular flexibility index (Phi) is 7.76. The van der Waals surface area contributed by atoms with Gasteiger partial charge in [0.15, 0.2) is 11.5 Å². The van der Waals surface area contributed by atoms with Gasteiger partial charge >= 0.3 is 6.03 Å². The van der Waals surface area contributed by atoms with Crippen molar-refractivity contribution < 1.29 is 19.2 Å². The van der Waals surface area contributed by atoms with E-state index in [1.165, 1.54) is 12.1 Å². The maximum Gasteiger partial charge on any atom is 0.319 e. The van der Waals surface area contributed by atoms with Crippen LogP contribution in [0.3, 0.4) is 0 Å². The zero-order chi connectivity index (χ0) is 18.1. The standard InChI is InChI=1S/C15H24N4O5/c1-4-23-13-8-11(18-15(20)17-10(3)6-7-16)12(19(21)22)9-14(13)24-5-2/h8-10H,4-7,16H2,1-3H3,(H2,17,18,20). The van der Waals surface area contributed by atoms with Crippen molar-refractivity contribution in [3.05, 3.63) is 22.2 Å². The molecule has 134 valence electrons. The van der Waals surface area contributed by atoms with Gasteiger partial charge in [-0.05, 0) is 33.7 Å². The number of rotatable bonds is 9. The zero-order valence-electron chi connectivity index (χ0n) is 14.1. The lowest BCUT2D eigenvalue weighted by atomic mass is 10.2. The van der Waals surface area contributed by atoms with E-state index in [0.717, 1.165) is 0 Å². The van der Waals surface area contributed by atoms with Gasteiger partial charge in [0.2, 0.25) is 0 Å². The van der Waals surface area contributed by atoms with Crippen molar-refractivity contribution in [2.24, 2.45) is 5.73 Å². The molecule has 0 aliphatic rings. The normalized spacial score (nSPS) is 11.5. The number of nitrogens with one attached hydrogen (secondary N) is 2. The lowest BCUT2D eigenvalue weighted by Gasteiger charge is -2.16. The van der Waals surface area contributed by atoms with Gasteiger partial charge in [-0.1, -0.05) is 0 Å². The van der Waals surface area contributed by atoms with Gasteiger partial charge in [0.05, 0.1) is 24.2 Å². The summed E-state index contributed by atoms with van der Waals surface area (Å²) in [7, 11) is 0. The highest BCUT2D eigenvalue weighted by Crippen LogP contribution is 2.38. The molecule has 9 heteroatoms. The predicted octanol–water partition coefficient (Wildman–Crippen LogP) is 2.25. The number of urea groups is 1. The van der Waals surface area contributed by atoms with Gasteiger partial charge in [0.25, 0.3) is 5.69 Å². The Bertz CT molecular complexity index is 579. The van der Waals surface area contributed by atoms with E-state index in [1.54, 1.807) is 20.8 Å². The van der Waals surface area contributed by atoms with Crippen LogP contribution in [-0.4, -0.2) is 36.8 Å². The Labute approximate surface area is 140 Å². The third-order valence-corrected chi connectivity index (χ3v) is 3.08. The van der Waals surface area contributed by atoms with E-state index in [-0.39, 0.29) is 23.2 Å². The Hall–Kier alpha value is -2.55. The fraction of sp³-hybridized carbons (Fsp3) is 0.533. The number of carbonyl (C=O) groups excluding carboxylic acids is 1. The second kappa shape index (κ2) is 9.56. The molecule has 0 bridgehead atoms. The number of nitrogens with zero attached hydrogens (tertiary/aromatic N) is 1. The van der Waals surface area contributed by atoms with Crippen molar-refractivity contribution in [3.8, 4) is 11.5 Å². The van der Waals surface area contributed by atoms with Crippen LogP contribution in [0.1, 0.15) is 27.2 Å². The van der Waals surface area contributed by atoms with Crippen molar-refractivity contribution in [1.29, 1.82) is 0 Å². The Balaban J connectivity index is 3.08. The number of amides is 2. The number of hydrogen-bond acceptors (Lipinski definition) is 6. The first-order valence-electron chi connectivity index (χ1n) is 7.78. The molecule has 2 amide bonds. The number of benzene rings is 1. The summed E-state index contributed by atoms with van der Waals surface area (Å²) in [6.07, 6.45) is 0.600. The van der Waals surface area contributed by atoms with E-state index >= 15 is 0 Å². The van der Waals surface area contributed by atoms with Gasteiger partial charge in [-0.15, -0.1) is 0 Å². The minimum atomic E-state index is -0.586. The van der Waals surface area contributed by atoms with Gasteiger partial charge in [0, 0.05) is 12.1 Å². The van der Waals surface area contributed by atoms with Gasteiger partial charge in [-0.3, -0.25) is 10.1 Å². The molecular formula is C15H24N4O5. The van der Waals surface area contributed by atoms with Crippen LogP contribution in [0, 0.1) is 10.1 Å². The molecule has 1 rings (SSSR count). The number of nitrogens with two attached hydrogens (primary N) is 1. The third kappa shape index (κ3) is 5.58. The van der Waals surface area contributed by atoms with Crippen molar-refractivity contribution in [1.82, 2.24) is 5.32 Å². The van der Waals surface area contributed by atoms with Crippen LogP contribution in [0.15, 0.2) is 12.1 Å². The molecule has 1 atom stereocenters. The molecule has 1 unspecified atom stereocenters. The minimum Gasteiger partial charge on any atom is -0.490 e. The van der Waals surface area contributed by atoms with E-state index < -0.39 is 11.0 Å². The highest BCUT2D eigenvalue weighted by atomic mass is 16.6. The van der Waals surface area contributed by atoms with Gasteiger partial charge in [0.1, 0.15) is 5.69 Å². The molecule has 0 heterocycles. The summed E-state index contributed by atoms with van der Waals surface area (Å²) < 4.78 is 10.8. The number of nitro benzene ring substituents is 1. The van der Waals surface area contributed by atoms with Crippen LogP contribution in [0.5, 0.6) is 11.5 Å². The molecule has 0 fully saturated rings. The van der Waals surface area contributed by atoms with E-state index in [1.807, 2.05) is 0 Å². The molecule has 0 aliphatic heterocycles. The molecule has 0 aromatic heterocycles. The summed E-state index contributed by atoms with van der Waals surface area (Å²) in [6.45, 7) is 6.47. The molecule has 0 spiro atoms. The molecule has 0 saturated heterocycles. The molecule has 4 N–H and O–H groups in total. The Morgan fingerprint density at radius 2 is 1.88 bits per heavy atom. The number of carbonyl (C=O) groups is 1. The van der Waals surface area contributed by atoms with Gasteiger partial charge in [-0.2, -0.15) is 0 Å². The van der Waals surface area contributed by atoms with E-state index in [2.05, 4.69) is 10.6 Å². The SMILES string of the molecule is CCOc1cc(NC(=O)NC(C)CCN)c([N+](=O)[O-])cc1OCC. The first-order chi connectivity index (χ1) is 11.4. The third-order valence-electron chi connectivity index (χ3n) is 3.08. The summed E-state index contributed by atoms with van der Waals surface area (Å²) in [4.78, 5) is 22.7. The second-order valence-electron chi connectivity index (χ2n) is 5.02.